The van der Waals surface area contributed by atoms with Gasteiger partial charge in [0.25, 0.3) is 5.91 Å². The zero-order valence-electron chi connectivity index (χ0n) is 17.4. The fraction of sp³-hybridized carbons (Fsp3) is 0.364. The number of thiophene rings is 1. The third-order valence-electron chi connectivity index (χ3n) is 5.46. The molecule has 0 bridgehead atoms. The molecule has 1 unspecified atom stereocenters. The number of carbonyl (C=O) groups is 2. The number of hydrogen-bond acceptors (Lipinski definition) is 6. The number of nitrogens with zero attached hydrogens (tertiary/aromatic N) is 4. The Morgan fingerprint density at radius 2 is 1.77 bits per heavy atom. The van der Waals surface area contributed by atoms with Crippen LogP contribution in [-0.2, 0) is 4.79 Å². The number of rotatable bonds is 5. The van der Waals surface area contributed by atoms with Gasteiger partial charge in [0.05, 0.1) is 5.39 Å². The third kappa shape index (κ3) is 4.51. The van der Waals surface area contributed by atoms with E-state index in [1.165, 1.54) is 24.3 Å². The van der Waals surface area contributed by atoms with Gasteiger partial charge in [0, 0.05) is 31.7 Å². The molecule has 7 nitrogen and oxygen atoms in total. The third-order valence-corrected chi connectivity index (χ3v) is 6.28. The van der Waals surface area contributed by atoms with Gasteiger partial charge in [-0.15, -0.1) is 11.3 Å². The second-order valence-electron chi connectivity index (χ2n) is 7.85. The van der Waals surface area contributed by atoms with Gasteiger partial charge in [-0.05, 0) is 41.6 Å². The molecule has 1 N–H and O–H groups in total. The molecule has 0 radical (unpaired) electrons. The van der Waals surface area contributed by atoms with E-state index in [0.717, 1.165) is 16.0 Å². The molecular formula is C22H24FN5O2S. The Labute approximate surface area is 183 Å². The van der Waals surface area contributed by atoms with E-state index in [0.29, 0.717) is 31.7 Å². The van der Waals surface area contributed by atoms with E-state index in [1.807, 2.05) is 25.3 Å². The van der Waals surface area contributed by atoms with Gasteiger partial charge in [-0.25, -0.2) is 14.4 Å². The molecule has 0 spiro atoms. The molecule has 3 heterocycles. The molecule has 1 aromatic carbocycles. The largest absolute Gasteiger partial charge is 0.352 e. The van der Waals surface area contributed by atoms with Crippen LogP contribution in [0.5, 0.6) is 0 Å². The predicted octanol–water partition coefficient (Wildman–Crippen LogP) is 2.93. The van der Waals surface area contributed by atoms with E-state index in [1.54, 1.807) is 22.6 Å². The van der Waals surface area contributed by atoms with Crippen molar-refractivity contribution in [3.05, 3.63) is 53.4 Å². The van der Waals surface area contributed by atoms with Crippen LogP contribution >= 0.6 is 11.3 Å². The van der Waals surface area contributed by atoms with Crippen LogP contribution in [0.4, 0.5) is 10.2 Å². The lowest BCUT2D eigenvalue weighted by Crippen LogP contribution is -2.56. The first-order chi connectivity index (χ1) is 14.9. The van der Waals surface area contributed by atoms with Crippen molar-refractivity contribution in [3.63, 3.8) is 0 Å². The van der Waals surface area contributed by atoms with Crippen LogP contribution in [0.3, 0.4) is 0 Å². The van der Waals surface area contributed by atoms with Crippen molar-refractivity contribution < 1.29 is 14.0 Å². The highest BCUT2D eigenvalue weighted by Crippen LogP contribution is 2.27. The standard InChI is InChI=1S/C22H24FN5O2S/c1-14(2)18(26-20(29)15-3-5-16(23)6-4-15)22(30)28-10-8-27(9-11-28)19-17-7-12-31-21(17)25-13-24-19/h3-7,12-14,18H,8-11H2,1-2H3,(H,26,29). The Morgan fingerprint density at radius 1 is 1.06 bits per heavy atom. The number of benzene rings is 1. The topological polar surface area (TPSA) is 78.4 Å². The van der Waals surface area contributed by atoms with Crippen LogP contribution in [-0.4, -0.2) is 58.9 Å². The predicted molar refractivity (Wildman–Crippen MR) is 119 cm³/mol. The molecular weight excluding hydrogens is 417 g/mol. The van der Waals surface area contributed by atoms with Crippen molar-refractivity contribution in [1.82, 2.24) is 20.2 Å². The van der Waals surface area contributed by atoms with E-state index < -0.39 is 11.9 Å². The van der Waals surface area contributed by atoms with Crippen molar-refractivity contribution in [2.75, 3.05) is 31.1 Å². The van der Waals surface area contributed by atoms with Crippen LogP contribution in [0.2, 0.25) is 0 Å². The Balaban J connectivity index is 1.41. The molecule has 0 aliphatic carbocycles. The SMILES string of the molecule is CC(C)C(NC(=O)c1ccc(F)cc1)C(=O)N1CCN(c2ncnc3sccc23)CC1. The number of hydrogen-bond donors (Lipinski definition) is 1. The Kier molecular flexibility index (Phi) is 6.13. The molecule has 0 saturated carbocycles. The number of amides is 2. The van der Waals surface area contributed by atoms with Crippen LogP contribution in [0.25, 0.3) is 10.2 Å². The number of piperazine rings is 1. The van der Waals surface area contributed by atoms with Crippen molar-refractivity contribution in [2.45, 2.75) is 19.9 Å². The molecule has 31 heavy (non-hydrogen) atoms. The zero-order valence-corrected chi connectivity index (χ0v) is 18.2. The molecule has 1 aliphatic rings. The average molecular weight is 442 g/mol. The second-order valence-corrected chi connectivity index (χ2v) is 8.75. The van der Waals surface area contributed by atoms with Crippen molar-refractivity contribution in [1.29, 1.82) is 0 Å². The van der Waals surface area contributed by atoms with E-state index in [9.17, 15) is 14.0 Å². The lowest BCUT2D eigenvalue weighted by molar-refractivity contribution is -0.134. The Hall–Kier alpha value is -3.07. The monoisotopic (exact) mass is 441 g/mol. The highest BCUT2D eigenvalue weighted by atomic mass is 32.1. The average Bonchev–Trinajstić information content (AvgIpc) is 3.26. The molecule has 2 amide bonds. The summed E-state index contributed by atoms with van der Waals surface area (Å²) in [6.45, 7) is 6.21. The smallest absolute Gasteiger partial charge is 0.251 e. The fourth-order valence-electron chi connectivity index (χ4n) is 3.70. The number of nitrogens with one attached hydrogen (secondary N) is 1. The molecule has 3 aromatic rings. The fourth-order valence-corrected chi connectivity index (χ4v) is 4.43. The van der Waals surface area contributed by atoms with Crippen molar-refractivity contribution >= 4 is 39.2 Å². The van der Waals surface area contributed by atoms with Gasteiger partial charge in [-0.2, -0.15) is 0 Å². The molecule has 1 aliphatic heterocycles. The summed E-state index contributed by atoms with van der Waals surface area (Å²) < 4.78 is 13.1. The maximum atomic E-state index is 13.2. The van der Waals surface area contributed by atoms with Gasteiger partial charge < -0.3 is 15.1 Å². The van der Waals surface area contributed by atoms with Crippen LogP contribution in [0.15, 0.2) is 42.0 Å². The van der Waals surface area contributed by atoms with E-state index in [2.05, 4.69) is 20.2 Å². The minimum atomic E-state index is -0.647. The quantitative estimate of drug-likeness (QED) is 0.659. The summed E-state index contributed by atoms with van der Waals surface area (Å²) in [6.07, 6.45) is 1.57. The van der Waals surface area contributed by atoms with Gasteiger partial charge in [0.2, 0.25) is 5.91 Å². The second kappa shape index (κ2) is 8.97. The summed E-state index contributed by atoms with van der Waals surface area (Å²) in [4.78, 5) is 39.4. The minimum absolute atomic E-state index is 0.0813. The maximum absolute atomic E-state index is 13.2. The molecule has 2 aromatic heterocycles. The minimum Gasteiger partial charge on any atom is -0.352 e. The number of aromatic nitrogens is 2. The number of carbonyl (C=O) groups excluding carboxylic acids is 2. The van der Waals surface area contributed by atoms with Crippen LogP contribution < -0.4 is 10.2 Å². The van der Waals surface area contributed by atoms with Gasteiger partial charge >= 0.3 is 0 Å². The molecule has 1 atom stereocenters. The lowest BCUT2D eigenvalue weighted by Gasteiger charge is -2.38. The summed E-state index contributed by atoms with van der Waals surface area (Å²) in [7, 11) is 0. The van der Waals surface area contributed by atoms with E-state index >= 15 is 0 Å². The molecule has 1 fully saturated rings. The van der Waals surface area contributed by atoms with Gasteiger partial charge in [0.1, 0.15) is 28.8 Å². The van der Waals surface area contributed by atoms with Gasteiger partial charge in [-0.1, -0.05) is 13.8 Å². The molecule has 1 saturated heterocycles. The number of fused-ring (bicyclic) bond motifs is 1. The first-order valence-electron chi connectivity index (χ1n) is 10.2. The maximum Gasteiger partial charge on any atom is 0.251 e. The van der Waals surface area contributed by atoms with Crippen molar-refractivity contribution in [3.8, 4) is 0 Å². The Bertz CT molecular complexity index is 1080. The number of anilines is 1. The molecule has 162 valence electrons. The van der Waals surface area contributed by atoms with E-state index in [-0.39, 0.29) is 17.7 Å². The summed E-state index contributed by atoms with van der Waals surface area (Å²) in [6, 6.07) is 6.67. The van der Waals surface area contributed by atoms with E-state index in [4.69, 9.17) is 0 Å². The molecule has 4 rings (SSSR count). The summed E-state index contributed by atoms with van der Waals surface area (Å²) in [5.74, 6) is -0.0834. The summed E-state index contributed by atoms with van der Waals surface area (Å²) in [5.41, 5.74) is 0.327. The zero-order chi connectivity index (χ0) is 22.0. The van der Waals surface area contributed by atoms with Crippen LogP contribution in [0.1, 0.15) is 24.2 Å². The van der Waals surface area contributed by atoms with Gasteiger partial charge in [0.15, 0.2) is 0 Å². The highest BCUT2D eigenvalue weighted by molar-refractivity contribution is 7.16. The van der Waals surface area contributed by atoms with Crippen molar-refractivity contribution in [2.24, 2.45) is 5.92 Å². The normalized spacial score (nSPS) is 15.4. The first kappa shape index (κ1) is 21.2. The number of halogens is 1. The molecule has 9 heteroatoms. The van der Waals surface area contributed by atoms with Crippen LogP contribution in [0, 0.1) is 11.7 Å². The lowest BCUT2D eigenvalue weighted by atomic mass is 10.0. The Morgan fingerprint density at radius 3 is 2.45 bits per heavy atom. The highest BCUT2D eigenvalue weighted by Gasteiger charge is 2.31. The summed E-state index contributed by atoms with van der Waals surface area (Å²) in [5, 5.41) is 5.85. The first-order valence-corrected chi connectivity index (χ1v) is 11.1. The van der Waals surface area contributed by atoms with Gasteiger partial charge in [-0.3, -0.25) is 9.59 Å². The summed E-state index contributed by atoms with van der Waals surface area (Å²) >= 11 is 1.58.